The summed E-state index contributed by atoms with van der Waals surface area (Å²) >= 11 is 3.85. The van der Waals surface area contributed by atoms with E-state index < -0.39 is 0 Å². The third kappa shape index (κ3) is 3.26. The first-order valence-electron chi connectivity index (χ1n) is 6.73. The highest BCUT2D eigenvalue weighted by atomic mass is 32.2. The molecule has 2 aliphatic heterocycles. The average Bonchev–Trinajstić information content (AvgIpc) is 3.13. The van der Waals surface area contributed by atoms with E-state index in [-0.39, 0.29) is 0 Å². The van der Waals surface area contributed by atoms with Crippen LogP contribution in [0.5, 0.6) is 0 Å². The molecule has 2 saturated heterocycles. The molecule has 100 valence electrons. The van der Waals surface area contributed by atoms with E-state index in [2.05, 4.69) is 27.0 Å². The molecule has 0 amide bonds. The molecule has 5 heteroatoms. The molecule has 0 spiro atoms. The monoisotopic (exact) mass is 284 g/mol. The van der Waals surface area contributed by atoms with Crippen molar-refractivity contribution in [2.24, 2.45) is 0 Å². The van der Waals surface area contributed by atoms with Crippen molar-refractivity contribution in [3.8, 4) is 0 Å². The first kappa shape index (κ1) is 12.9. The number of hydrogen-bond donors (Lipinski definition) is 0. The quantitative estimate of drug-likeness (QED) is 0.830. The van der Waals surface area contributed by atoms with Gasteiger partial charge in [-0.1, -0.05) is 0 Å². The molecule has 0 aromatic carbocycles. The Morgan fingerprint density at radius 1 is 1.44 bits per heavy atom. The Hall–Kier alpha value is -0.100. The van der Waals surface area contributed by atoms with E-state index in [0.717, 1.165) is 25.7 Å². The van der Waals surface area contributed by atoms with E-state index in [1.165, 1.54) is 35.8 Å². The number of aromatic nitrogens is 1. The maximum Gasteiger partial charge on any atom is 0.107 e. The Kier molecular flexibility index (Phi) is 4.57. The number of thioether (sulfide) groups is 1. The normalized spacial score (nSPS) is 28.3. The number of ether oxygens (including phenoxy) is 1. The molecule has 2 fully saturated rings. The van der Waals surface area contributed by atoms with Crippen LogP contribution >= 0.6 is 23.1 Å². The van der Waals surface area contributed by atoms with Crippen molar-refractivity contribution < 1.29 is 4.74 Å². The van der Waals surface area contributed by atoms with Gasteiger partial charge in [0.05, 0.1) is 12.6 Å². The SMILES string of the molecule is c1csc(CN(C[C@@H]2CCCO2)[C@@H]2CCSC2)n1. The summed E-state index contributed by atoms with van der Waals surface area (Å²) in [5.74, 6) is 2.59. The van der Waals surface area contributed by atoms with E-state index in [0.29, 0.717) is 6.10 Å². The molecule has 0 bridgehead atoms. The Morgan fingerprint density at radius 3 is 3.11 bits per heavy atom. The van der Waals surface area contributed by atoms with Gasteiger partial charge in [-0.25, -0.2) is 4.98 Å². The van der Waals surface area contributed by atoms with Crippen LogP contribution in [0.25, 0.3) is 0 Å². The molecular weight excluding hydrogens is 264 g/mol. The first-order valence-corrected chi connectivity index (χ1v) is 8.77. The Bertz CT molecular complexity index is 346. The van der Waals surface area contributed by atoms with Gasteiger partial charge in [-0.15, -0.1) is 11.3 Å². The molecule has 0 unspecified atom stereocenters. The maximum absolute atomic E-state index is 5.80. The standard InChI is InChI=1S/C13H20N2OS2/c1-2-12(16-5-1)8-15(11-3-6-17-10-11)9-13-14-4-7-18-13/h4,7,11-12H,1-3,5-6,8-10H2/t11-,12+/m1/s1. The van der Waals surface area contributed by atoms with E-state index >= 15 is 0 Å². The smallest absolute Gasteiger partial charge is 0.107 e. The van der Waals surface area contributed by atoms with Crippen LogP contribution in [-0.4, -0.2) is 46.7 Å². The van der Waals surface area contributed by atoms with Crippen LogP contribution in [0, 0.1) is 0 Å². The second kappa shape index (κ2) is 6.37. The lowest BCUT2D eigenvalue weighted by atomic mass is 10.1. The van der Waals surface area contributed by atoms with Crippen molar-refractivity contribution >= 4 is 23.1 Å². The highest BCUT2D eigenvalue weighted by Crippen LogP contribution is 2.26. The van der Waals surface area contributed by atoms with Gasteiger partial charge in [0.25, 0.3) is 0 Å². The lowest BCUT2D eigenvalue weighted by Gasteiger charge is -2.29. The van der Waals surface area contributed by atoms with Crippen molar-refractivity contribution in [2.75, 3.05) is 24.7 Å². The van der Waals surface area contributed by atoms with Gasteiger partial charge >= 0.3 is 0 Å². The molecule has 0 N–H and O–H groups in total. The van der Waals surface area contributed by atoms with Crippen LogP contribution < -0.4 is 0 Å². The molecular formula is C13H20N2OS2. The molecule has 3 rings (SSSR count). The Labute approximate surface area is 117 Å². The second-order valence-corrected chi connectivity index (χ2v) is 7.14. The van der Waals surface area contributed by atoms with Crippen LogP contribution in [0.15, 0.2) is 11.6 Å². The number of thiazole rings is 1. The highest BCUT2D eigenvalue weighted by molar-refractivity contribution is 7.99. The molecule has 3 heterocycles. The predicted octanol–water partition coefficient (Wildman–Crippen LogP) is 2.63. The number of rotatable bonds is 5. The van der Waals surface area contributed by atoms with Gasteiger partial charge < -0.3 is 4.74 Å². The van der Waals surface area contributed by atoms with Gasteiger partial charge in [0, 0.05) is 36.5 Å². The van der Waals surface area contributed by atoms with Crippen LogP contribution in [0.3, 0.4) is 0 Å². The van der Waals surface area contributed by atoms with Gasteiger partial charge in [0.1, 0.15) is 5.01 Å². The summed E-state index contributed by atoms with van der Waals surface area (Å²) in [6.07, 6.45) is 6.15. The van der Waals surface area contributed by atoms with E-state index in [4.69, 9.17) is 4.74 Å². The Balaban J connectivity index is 1.62. The minimum atomic E-state index is 0.454. The van der Waals surface area contributed by atoms with Gasteiger partial charge in [-0.2, -0.15) is 11.8 Å². The van der Waals surface area contributed by atoms with Crippen LogP contribution in [0.2, 0.25) is 0 Å². The van der Waals surface area contributed by atoms with Crippen LogP contribution in [-0.2, 0) is 11.3 Å². The zero-order chi connectivity index (χ0) is 12.2. The van der Waals surface area contributed by atoms with Crippen molar-refractivity contribution in [3.05, 3.63) is 16.6 Å². The summed E-state index contributed by atoms with van der Waals surface area (Å²) in [5, 5.41) is 3.31. The van der Waals surface area contributed by atoms with E-state index in [9.17, 15) is 0 Å². The molecule has 0 aliphatic carbocycles. The van der Waals surface area contributed by atoms with Crippen molar-refractivity contribution in [2.45, 2.75) is 38.0 Å². The van der Waals surface area contributed by atoms with Gasteiger partial charge in [-0.05, 0) is 25.0 Å². The molecule has 0 saturated carbocycles. The molecule has 0 radical (unpaired) electrons. The largest absolute Gasteiger partial charge is 0.377 e. The third-order valence-electron chi connectivity index (χ3n) is 3.71. The topological polar surface area (TPSA) is 25.4 Å². The summed E-state index contributed by atoms with van der Waals surface area (Å²) in [6.45, 7) is 3.04. The first-order chi connectivity index (χ1) is 8.92. The minimum Gasteiger partial charge on any atom is -0.377 e. The minimum absolute atomic E-state index is 0.454. The van der Waals surface area contributed by atoms with Crippen molar-refractivity contribution in [1.29, 1.82) is 0 Å². The van der Waals surface area contributed by atoms with E-state index in [1.807, 2.05) is 6.20 Å². The molecule has 18 heavy (non-hydrogen) atoms. The number of hydrogen-bond acceptors (Lipinski definition) is 5. The molecule has 2 atom stereocenters. The lowest BCUT2D eigenvalue weighted by Crippen LogP contribution is -2.40. The number of nitrogens with zero attached hydrogens (tertiary/aromatic N) is 2. The Morgan fingerprint density at radius 2 is 2.44 bits per heavy atom. The molecule has 1 aromatic heterocycles. The third-order valence-corrected chi connectivity index (χ3v) is 5.62. The summed E-state index contributed by atoms with van der Waals surface area (Å²) in [7, 11) is 0. The molecule has 3 nitrogen and oxygen atoms in total. The van der Waals surface area contributed by atoms with Crippen LogP contribution in [0.1, 0.15) is 24.3 Å². The fraction of sp³-hybridized carbons (Fsp3) is 0.769. The highest BCUT2D eigenvalue weighted by Gasteiger charge is 2.27. The predicted molar refractivity (Wildman–Crippen MR) is 77.2 cm³/mol. The summed E-state index contributed by atoms with van der Waals surface area (Å²) in [4.78, 5) is 7.04. The second-order valence-electron chi connectivity index (χ2n) is 5.01. The summed E-state index contributed by atoms with van der Waals surface area (Å²) < 4.78 is 5.80. The summed E-state index contributed by atoms with van der Waals surface area (Å²) in [6, 6.07) is 0.725. The lowest BCUT2D eigenvalue weighted by molar-refractivity contribution is 0.0575. The molecule has 2 aliphatic rings. The van der Waals surface area contributed by atoms with Gasteiger partial charge in [-0.3, -0.25) is 4.90 Å². The molecule has 1 aromatic rings. The van der Waals surface area contributed by atoms with Crippen molar-refractivity contribution in [3.63, 3.8) is 0 Å². The zero-order valence-corrected chi connectivity index (χ0v) is 12.2. The van der Waals surface area contributed by atoms with E-state index in [1.54, 1.807) is 11.3 Å². The summed E-state index contributed by atoms with van der Waals surface area (Å²) in [5.41, 5.74) is 0. The maximum atomic E-state index is 5.80. The van der Waals surface area contributed by atoms with Gasteiger partial charge in [0.15, 0.2) is 0 Å². The zero-order valence-electron chi connectivity index (χ0n) is 10.6. The fourth-order valence-corrected chi connectivity index (χ4v) is 4.60. The van der Waals surface area contributed by atoms with Gasteiger partial charge in [0.2, 0.25) is 0 Å². The fourth-order valence-electron chi connectivity index (χ4n) is 2.71. The van der Waals surface area contributed by atoms with Crippen molar-refractivity contribution in [1.82, 2.24) is 9.88 Å². The van der Waals surface area contributed by atoms with Crippen LogP contribution in [0.4, 0.5) is 0 Å². The average molecular weight is 284 g/mol.